The first-order valence-electron chi connectivity index (χ1n) is 3.93. The van der Waals surface area contributed by atoms with Gasteiger partial charge in [-0.15, -0.1) is 0 Å². The summed E-state index contributed by atoms with van der Waals surface area (Å²) in [5, 5.41) is 9.73. The van der Waals surface area contributed by atoms with Crippen molar-refractivity contribution in [3.8, 4) is 5.75 Å². The molecule has 0 saturated heterocycles. The van der Waals surface area contributed by atoms with Gasteiger partial charge in [0.2, 0.25) is 0 Å². The Labute approximate surface area is 74.7 Å². The lowest BCUT2D eigenvalue weighted by Crippen LogP contribution is -1.86. The predicted molar refractivity (Wildman–Crippen MR) is 48.1 cm³/mol. The van der Waals surface area contributed by atoms with Crippen LogP contribution < -0.4 is 0 Å². The summed E-state index contributed by atoms with van der Waals surface area (Å²) in [6, 6.07) is 6.07. The van der Waals surface area contributed by atoms with E-state index >= 15 is 0 Å². The molecule has 0 unspecified atom stereocenters. The van der Waals surface area contributed by atoms with E-state index in [1.807, 2.05) is 0 Å². The van der Waals surface area contributed by atoms with Crippen molar-refractivity contribution in [2.45, 2.75) is 6.92 Å². The highest BCUT2D eigenvalue weighted by Gasteiger charge is 2.04. The van der Waals surface area contributed by atoms with Gasteiger partial charge in [-0.3, -0.25) is 4.98 Å². The second kappa shape index (κ2) is 2.69. The van der Waals surface area contributed by atoms with Crippen LogP contribution in [0.5, 0.6) is 5.75 Å². The molecular formula is C10H8FNO. The van der Waals surface area contributed by atoms with Gasteiger partial charge in [0.1, 0.15) is 11.3 Å². The highest BCUT2D eigenvalue weighted by molar-refractivity contribution is 5.80. The molecule has 1 heterocycles. The lowest BCUT2D eigenvalue weighted by Gasteiger charge is -2.00. The summed E-state index contributed by atoms with van der Waals surface area (Å²) in [6.07, 6.45) is 0. The van der Waals surface area contributed by atoms with Gasteiger partial charge < -0.3 is 5.11 Å². The summed E-state index contributed by atoms with van der Waals surface area (Å²) in [5.41, 5.74) is 1.06. The van der Waals surface area contributed by atoms with Crippen molar-refractivity contribution in [3.63, 3.8) is 0 Å². The van der Waals surface area contributed by atoms with Crippen LogP contribution >= 0.6 is 0 Å². The van der Waals surface area contributed by atoms with Crippen molar-refractivity contribution < 1.29 is 9.50 Å². The van der Waals surface area contributed by atoms with E-state index in [1.165, 1.54) is 6.07 Å². The quantitative estimate of drug-likeness (QED) is 0.670. The number of phenols is 1. The minimum absolute atomic E-state index is 0.0735. The van der Waals surface area contributed by atoms with Gasteiger partial charge in [0.25, 0.3) is 0 Å². The van der Waals surface area contributed by atoms with Crippen LogP contribution in [0.2, 0.25) is 0 Å². The maximum absolute atomic E-state index is 13.2. The van der Waals surface area contributed by atoms with E-state index in [4.69, 9.17) is 5.11 Å². The number of aryl methyl sites for hydroxylation is 1. The molecule has 66 valence electrons. The molecule has 0 atom stereocenters. The summed E-state index contributed by atoms with van der Waals surface area (Å²) in [4.78, 5) is 4.03. The van der Waals surface area contributed by atoms with E-state index < -0.39 is 5.82 Å². The smallest absolute Gasteiger partial charge is 0.153 e. The molecule has 0 aliphatic carbocycles. The van der Waals surface area contributed by atoms with Crippen LogP contribution in [0.3, 0.4) is 0 Å². The van der Waals surface area contributed by atoms with E-state index in [0.29, 0.717) is 10.9 Å². The Bertz CT molecular complexity index is 468. The number of aromatic hydroxyl groups is 1. The number of pyridine rings is 1. The van der Waals surface area contributed by atoms with E-state index in [0.717, 1.165) is 11.8 Å². The molecule has 0 radical (unpaired) electrons. The van der Waals surface area contributed by atoms with Crippen LogP contribution in [0, 0.1) is 12.7 Å². The van der Waals surface area contributed by atoms with Gasteiger partial charge in [0.05, 0.1) is 0 Å². The monoisotopic (exact) mass is 177 g/mol. The Morgan fingerprint density at radius 3 is 2.85 bits per heavy atom. The van der Waals surface area contributed by atoms with Crippen LogP contribution in [-0.2, 0) is 0 Å². The highest BCUT2D eigenvalue weighted by atomic mass is 19.1. The standard InChI is InChI=1S/C10H8FNO/c1-6-2-3-7-4-8(13)5-9(11)10(7)12-6/h2-5,13H,1H3. The molecule has 1 aromatic heterocycles. The van der Waals surface area contributed by atoms with E-state index in [2.05, 4.69) is 4.98 Å². The molecular weight excluding hydrogens is 169 g/mol. The summed E-state index contributed by atoms with van der Waals surface area (Å²) >= 11 is 0. The fourth-order valence-corrected chi connectivity index (χ4v) is 1.27. The Kier molecular flexibility index (Phi) is 1.65. The zero-order chi connectivity index (χ0) is 9.42. The van der Waals surface area contributed by atoms with Crippen molar-refractivity contribution >= 4 is 10.9 Å². The van der Waals surface area contributed by atoms with E-state index in [-0.39, 0.29) is 5.75 Å². The van der Waals surface area contributed by atoms with Gasteiger partial charge in [0, 0.05) is 17.1 Å². The number of benzene rings is 1. The van der Waals surface area contributed by atoms with Crippen molar-refractivity contribution in [1.82, 2.24) is 4.98 Å². The van der Waals surface area contributed by atoms with Crippen LogP contribution in [-0.4, -0.2) is 10.1 Å². The average molecular weight is 177 g/mol. The van der Waals surface area contributed by atoms with Crippen molar-refractivity contribution in [2.75, 3.05) is 0 Å². The molecule has 1 N–H and O–H groups in total. The van der Waals surface area contributed by atoms with E-state index in [9.17, 15) is 4.39 Å². The van der Waals surface area contributed by atoms with Gasteiger partial charge in [-0.25, -0.2) is 4.39 Å². The number of phenolic OH excluding ortho intramolecular Hbond substituents is 1. The molecule has 2 aromatic rings. The lowest BCUT2D eigenvalue weighted by molar-refractivity contribution is 0.470. The largest absolute Gasteiger partial charge is 0.508 e. The third kappa shape index (κ3) is 1.33. The lowest BCUT2D eigenvalue weighted by atomic mass is 10.2. The topological polar surface area (TPSA) is 33.1 Å². The minimum atomic E-state index is -0.487. The number of nitrogens with zero attached hydrogens (tertiary/aromatic N) is 1. The average Bonchev–Trinajstić information content (AvgIpc) is 2.06. The summed E-state index contributed by atoms with van der Waals surface area (Å²) in [6.45, 7) is 1.80. The number of aromatic nitrogens is 1. The first kappa shape index (κ1) is 7.98. The second-order valence-electron chi connectivity index (χ2n) is 2.95. The molecule has 0 saturated carbocycles. The highest BCUT2D eigenvalue weighted by Crippen LogP contribution is 2.21. The number of hydrogen-bond acceptors (Lipinski definition) is 2. The van der Waals surface area contributed by atoms with Gasteiger partial charge in [-0.05, 0) is 19.1 Å². The van der Waals surface area contributed by atoms with Crippen LogP contribution in [0.15, 0.2) is 24.3 Å². The van der Waals surface area contributed by atoms with Crippen LogP contribution in [0.1, 0.15) is 5.69 Å². The van der Waals surface area contributed by atoms with Crippen molar-refractivity contribution in [2.24, 2.45) is 0 Å². The minimum Gasteiger partial charge on any atom is -0.508 e. The number of halogens is 1. The third-order valence-corrected chi connectivity index (χ3v) is 1.87. The Hall–Kier alpha value is -1.64. The zero-order valence-corrected chi connectivity index (χ0v) is 7.08. The van der Waals surface area contributed by atoms with Crippen LogP contribution in [0.25, 0.3) is 10.9 Å². The number of fused-ring (bicyclic) bond motifs is 1. The molecule has 2 rings (SSSR count). The van der Waals surface area contributed by atoms with Crippen LogP contribution in [0.4, 0.5) is 4.39 Å². The first-order valence-corrected chi connectivity index (χ1v) is 3.93. The molecule has 0 fully saturated rings. The Morgan fingerprint density at radius 2 is 2.08 bits per heavy atom. The molecule has 2 nitrogen and oxygen atoms in total. The molecule has 0 amide bonds. The summed E-state index contributed by atoms with van der Waals surface area (Å²) in [7, 11) is 0. The molecule has 3 heteroatoms. The van der Waals surface area contributed by atoms with Gasteiger partial charge in [-0.2, -0.15) is 0 Å². The number of hydrogen-bond donors (Lipinski definition) is 1. The predicted octanol–water partition coefficient (Wildman–Crippen LogP) is 2.39. The first-order chi connectivity index (χ1) is 6.16. The third-order valence-electron chi connectivity index (χ3n) is 1.87. The van der Waals surface area contributed by atoms with Gasteiger partial charge in [-0.1, -0.05) is 6.07 Å². The fraction of sp³-hybridized carbons (Fsp3) is 0.100. The molecule has 0 spiro atoms. The Balaban J connectivity index is 2.87. The fourth-order valence-electron chi connectivity index (χ4n) is 1.27. The Morgan fingerprint density at radius 1 is 1.31 bits per heavy atom. The molecule has 0 bridgehead atoms. The van der Waals surface area contributed by atoms with Crippen molar-refractivity contribution in [3.05, 3.63) is 35.8 Å². The molecule has 0 aliphatic heterocycles. The normalized spacial score (nSPS) is 10.6. The van der Waals surface area contributed by atoms with Crippen molar-refractivity contribution in [1.29, 1.82) is 0 Å². The van der Waals surface area contributed by atoms with Gasteiger partial charge >= 0.3 is 0 Å². The summed E-state index contributed by atoms with van der Waals surface area (Å²) in [5.74, 6) is -0.561. The summed E-state index contributed by atoms with van der Waals surface area (Å²) < 4.78 is 13.2. The second-order valence-corrected chi connectivity index (χ2v) is 2.95. The molecule has 13 heavy (non-hydrogen) atoms. The van der Waals surface area contributed by atoms with E-state index in [1.54, 1.807) is 19.1 Å². The zero-order valence-electron chi connectivity index (χ0n) is 7.08. The number of rotatable bonds is 0. The van der Waals surface area contributed by atoms with Gasteiger partial charge in [0.15, 0.2) is 5.82 Å². The maximum atomic E-state index is 13.2. The molecule has 0 aliphatic rings. The SMILES string of the molecule is Cc1ccc2cc(O)cc(F)c2n1. The molecule has 1 aromatic carbocycles. The maximum Gasteiger partial charge on any atom is 0.153 e.